The SMILES string of the molecule is c1ccc2cc3c(cc2c1)[se]c1cc2ccccc2cc13. The van der Waals surface area contributed by atoms with Crippen molar-refractivity contribution in [2.75, 3.05) is 0 Å². The number of benzene rings is 4. The third-order valence-electron chi connectivity index (χ3n) is 4.21. The van der Waals surface area contributed by atoms with Crippen molar-refractivity contribution in [2.24, 2.45) is 0 Å². The van der Waals surface area contributed by atoms with Crippen LogP contribution in [0.3, 0.4) is 0 Å². The summed E-state index contributed by atoms with van der Waals surface area (Å²) in [6.07, 6.45) is 0. The zero-order valence-electron chi connectivity index (χ0n) is 11.3. The van der Waals surface area contributed by atoms with Crippen LogP contribution in [0.1, 0.15) is 0 Å². The Morgan fingerprint density at radius 2 is 0.857 bits per heavy atom. The van der Waals surface area contributed by atoms with Gasteiger partial charge in [0.1, 0.15) is 0 Å². The number of rotatable bonds is 0. The summed E-state index contributed by atoms with van der Waals surface area (Å²) in [4.78, 5) is 0. The van der Waals surface area contributed by atoms with Crippen LogP contribution in [0.4, 0.5) is 0 Å². The summed E-state index contributed by atoms with van der Waals surface area (Å²) < 4.78 is 3.04. The molecule has 21 heavy (non-hydrogen) atoms. The molecule has 0 saturated carbocycles. The first-order valence-electron chi connectivity index (χ1n) is 7.12. The van der Waals surface area contributed by atoms with Crippen LogP contribution in [0.25, 0.3) is 40.8 Å². The van der Waals surface area contributed by atoms with Gasteiger partial charge < -0.3 is 0 Å². The van der Waals surface area contributed by atoms with Crippen LogP contribution in [0.5, 0.6) is 0 Å². The van der Waals surface area contributed by atoms with Crippen molar-refractivity contribution in [3.8, 4) is 0 Å². The molecule has 0 bridgehead atoms. The zero-order chi connectivity index (χ0) is 13.8. The van der Waals surface area contributed by atoms with Crippen molar-refractivity contribution in [3.05, 3.63) is 72.8 Å². The molecule has 5 aromatic rings. The summed E-state index contributed by atoms with van der Waals surface area (Å²) >= 11 is 0.429. The van der Waals surface area contributed by atoms with E-state index in [2.05, 4.69) is 72.8 Å². The summed E-state index contributed by atoms with van der Waals surface area (Å²) in [5.74, 6) is 0. The standard InChI is InChI=1S/C20H12Se/c1-3-7-15-11-19-17(9-13(15)5-1)18-10-14-6-2-4-8-16(14)12-20(18)21-19/h1-12H. The molecule has 0 aliphatic heterocycles. The van der Waals surface area contributed by atoms with E-state index in [1.165, 1.54) is 40.8 Å². The quantitative estimate of drug-likeness (QED) is 0.335. The fraction of sp³-hybridized carbons (Fsp3) is 0. The van der Waals surface area contributed by atoms with Gasteiger partial charge in [-0.25, -0.2) is 0 Å². The summed E-state index contributed by atoms with van der Waals surface area (Å²) in [5.41, 5.74) is 0. The van der Waals surface area contributed by atoms with Crippen molar-refractivity contribution < 1.29 is 0 Å². The van der Waals surface area contributed by atoms with Crippen LogP contribution in [0, 0.1) is 0 Å². The van der Waals surface area contributed by atoms with Gasteiger partial charge in [-0.2, -0.15) is 0 Å². The van der Waals surface area contributed by atoms with E-state index in [-0.39, 0.29) is 0 Å². The molecule has 0 fully saturated rings. The first kappa shape index (κ1) is 11.6. The summed E-state index contributed by atoms with van der Waals surface area (Å²) in [6.45, 7) is 0. The Balaban J connectivity index is 2.01. The Morgan fingerprint density at radius 1 is 0.476 bits per heavy atom. The summed E-state index contributed by atoms with van der Waals surface area (Å²) in [6, 6.07) is 26.8. The molecule has 0 radical (unpaired) electrons. The molecule has 1 heterocycles. The summed E-state index contributed by atoms with van der Waals surface area (Å²) in [5, 5.41) is 8.27. The second-order valence-electron chi connectivity index (χ2n) is 5.49. The Kier molecular flexibility index (Phi) is 2.32. The van der Waals surface area contributed by atoms with Gasteiger partial charge in [0.25, 0.3) is 0 Å². The first-order chi connectivity index (χ1) is 10.4. The van der Waals surface area contributed by atoms with Gasteiger partial charge in [0.2, 0.25) is 0 Å². The Hall–Kier alpha value is -2.08. The molecule has 5 rings (SSSR count). The summed E-state index contributed by atoms with van der Waals surface area (Å²) in [7, 11) is 0. The number of hydrogen-bond donors (Lipinski definition) is 0. The van der Waals surface area contributed by atoms with Crippen molar-refractivity contribution in [3.63, 3.8) is 0 Å². The Morgan fingerprint density at radius 3 is 1.29 bits per heavy atom. The Labute approximate surface area is 128 Å². The molecule has 0 atom stereocenters. The van der Waals surface area contributed by atoms with Crippen molar-refractivity contribution in [1.29, 1.82) is 0 Å². The molecule has 1 heteroatoms. The van der Waals surface area contributed by atoms with Gasteiger partial charge in [-0.15, -0.1) is 0 Å². The number of fused-ring (bicyclic) bond motifs is 5. The molecule has 98 valence electrons. The average molecular weight is 331 g/mol. The van der Waals surface area contributed by atoms with Gasteiger partial charge in [-0.3, -0.25) is 0 Å². The maximum atomic E-state index is 2.38. The third-order valence-corrected chi connectivity index (χ3v) is 6.55. The fourth-order valence-electron chi connectivity index (χ4n) is 3.15. The molecule has 0 nitrogen and oxygen atoms in total. The predicted octanol–water partition coefficient (Wildman–Crippen LogP) is 5.36. The van der Waals surface area contributed by atoms with Crippen LogP contribution in [-0.4, -0.2) is 14.5 Å². The monoisotopic (exact) mass is 332 g/mol. The zero-order valence-corrected chi connectivity index (χ0v) is 13.0. The molecule has 0 aliphatic rings. The van der Waals surface area contributed by atoms with Gasteiger partial charge in [-0.1, -0.05) is 0 Å². The normalized spacial score (nSPS) is 11.8. The van der Waals surface area contributed by atoms with E-state index in [0.717, 1.165) is 0 Å². The van der Waals surface area contributed by atoms with Crippen LogP contribution in [-0.2, 0) is 0 Å². The van der Waals surface area contributed by atoms with E-state index in [0.29, 0.717) is 14.5 Å². The van der Waals surface area contributed by atoms with E-state index in [1.54, 1.807) is 0 Å². The van der Waals surface area contributed by atoms with Gasteiger partial charge in [0, 0.05) is 0 Å². The minimum absolute atomic E-state index is 0.429. The minimum atomic E-state index is 0.429. The van der Waals surface area contributed by atoms with Gasteiger partial charge >= 0.3 is 128 Å². The van der Waals surface area contributed by atoms with E-state index < -0.39 is 0 Å². The van der Waals surface area contributed by atoms with E-state index in [4.69, 9.17) is 0 Å². The van der Waals surface area contributed by atoms with Crippen molar-refractivity contribution in [1.82, 2.24) is 0 Å². The molecule has 0 spiro atoms. The van der Waals surface area contributed by atoms with Crippen LogP contribution in [0.15, 0.2) is 72.8 Å². The molecule has 1 aromatic heterocycles. The van der Waals surface area contributed by atoms with E-state index in [9.17, 15) is 0 Å². The van der Waals surface area contributed by atoms with Gasteiger partial charge in [0.15, 0.2) is 0 Å². The van der Waals surface area contributed by atoms with Crippen LogP contribution >= 0.6 is 0 Å². The molecular weight excluding hydrogens is 319 g/mol. The molecule has 0 amide bonds. The van der Waals surface area contributed by atoms with Gasteiger partial charge in [-0.05, 0) is 0 Å². The second-order valence-corrected chi connectivity index (χ2v) is 7.77. The van der Waals surface area contributed by atoms with E-state index >= 15 is 0 Å². The van der Waals surface area contributed by atoms with Crippen molar-refractivity contribution >= 4 is 55.3 Å². The molecular formula is C20H12Se. The molecule has 0 N–H and O–H groups in total. The Bertz CT molecular complexity index is 1040. The predicted molar refractivity (Wildman–Crippen MR) is 93.4 cm³/mol. The van der Waals surface area contributed by atoms with Crippen LogP contribution in [0.2, 0.25) is 0 Å². The second kappa shape index (κ2) is 4.21. The number of hydrogen-bond acceptors (Lipinski definition) is 0. The first-order valence-corrected chi connectivity index (χ1v) is 8.84. The molecule has 4 aromatic carbocycles. The third kappa shape index (κ3) is 1.68. The van der Waals surface area contributed by atoms with E-state index in [1.807, 2.05) is 0 Å². The van der Waals surface area contributed by atoms with Gasteiger partial charge in [0.05, 0.1) is 0 Å². The molecule has 0 saturated heterocycles. The topological polar surface area (TPSA) is 0 Å². The average Bonchev–Trinajstić information content (AvgIpc) is 2.87. The fourth-order valence-corrected chi connectivity index (χ4v) is 5.59. The van der Waals surface area contributed by atoms with Crippen molar-refractivity contribution in [2.45, 2.75) is 0 Å². The molecule has 0 unspecified atom stereocenters. The van der Waals surface area contributed by atoms with Crippen LogP contribution < -0.4 is 0 Å². The maximum absolute atomic E-state index is 2.38. The molecule has 0 aliphatic carbocycles.